The molecule has 12 heavy (non-hydrogen) atoms. The van der Waals surface area contributed by atoms with Gasteiger partial charge in [-0.05, 0) is 17.7 Å². The van der Waals surface area contributed by atoms with Crippen molar-refractivity contribution in [3.05, 3.63) is 36.4 Å². The van der Waals surface area contributed by atoms with Gasteiger partial charge in [-0.15, -0.1) is 0 Å². The van der Waals surface area contributed by atoms with Crippen molar-refractivity contribution in [2.75, 3.05) is 0 Å². The summed E-state index contributed by atoms with van der Waals surface area (Å²) in [5.41, 5.74) is 0.840. The van der Waals surface area contributed by atoms with Crippen LogP contribution in [0.15, 0.2) is 30.8 Å². The van der Waals surface area contributed by atoms with Gasteiger partial charge in [-0.3, -0.25) is 4.57 Å². The Morgan fingerprint density at radius 2 is 1.75 bits per heavy atom. The first-order valence-corrected chi connectivity index (χ1v) is 4.94. The van der Waals surface area contributed by atoms with Crippen molar-refractivity contribution in [3.63, 3.8) is 0 Å². The molecule has 0 saturated heterocycles. The second-order valence-corrected chi connectivity index (χ2v) is 3.94. The molecule has 0 fully saturated rings. The summed E-state index contributed by atoms with van der Waals surface area (Å²) in [6.07, 6.45) is 1.61. The van der Waals surface area contributed by atoms with Gasteiger partial charge in [0.25, 0.3) is 0 Å². The van der Waals surface area contributed by atoms with Gasteiger partial charge in [0.05, 0.1) is 5.30 Å². The van der Waals surface area contributed by atoms with E-state index in [4.69, 9.17) is 9.79 Å². The summed E-state index contributed by atoms with van der Waals surface area (Å²) >= 11 is 0. The highest BCUT2D eigenvalue weighted by atomic mass is 31.2. The van der Waals surface area contributed by atoms with Crippen LogP contribution in [0.25, 0.3) is 6.08 Å². The fourth-order valence-corrected chi connectivity index (χ4v) is 1.34. The average molecular weight is 184 g/mol. The zero-order valence-electron chi connectivity index (χ0n) is 6.34. The lowest BCUT2D eigenvalue weighted by Gasteiger charge is -2.02. The minimum absolute atomic E-state index is 0.0353. The van der Waals surface area contributed by atoms with Crippen LogP contribution < -0.4 is 5.30 Å². The molecule has 0 bridgehead atoms. The van der Waals surface area contributed by atoms with Gasteiger partial charge in [0.2, 0.25) is 0 Å². The van der Waals surface area contributed by atoms with E-state index >= 15 is 0 Å². The van der Waals surface area contributed by atoms with E-state index in [-0.39, 0.29) is 5.30 Å². The summed E-state index contributed by atoms with van der Waals surface area (Å²) in [6.45, 7) is 3.53. The number of hydrogen-bond acceptors (Lipinski definition) is 1. The summed E-state index contributed by atoms with van der Waals surface area (Å²) in [6, 6.07) is 6.03. The Hall–Kier alpha value is -0.890. The van der Waals surface area contributed by atoms with Gasteiger partial charge in [-0.1, -0.05) is 24.8 Å². The molecular formula is C8H9O3P. The van der Waals surface area contributed by atoms with Crippen molar-refractivity contribution in [1.82, 2.24) is 0 Å². The van der Waals surface area contributed by atoms with Crippen LogP contribution in [0.1, 0.15) is 5.56 Å². The Morgan fingerprint density at radius 1 is 1.25 bits per heavy atom. The zero-order chi connectivity index (χ0) is 9.19. The van der Waals surface area contributed by atoms with Crippen LogP contribution >= 0.6 is 7.60 Å². The van der Waals surface area contributed by atoms with Crippen molar-refractivity contribution in [2.45, 2.75) is 0 Å². The van der Waals surface area contributed by atoms with Gasteiger partial charge in [0.15, 0.2) is 0 Å². The molecule has 0 atom stereocenters. The first-order valence-electron chi connectivity index (χ1n) is 3.32. The summed E-state index contributed by atoms with van der Waals surface area (Å²) in [5, 5.41) is 0.0353. The van der Waals surface area contributed by atoms with Crippen LogP contribution in [0.5, 0.6) is 0 Å². The molecule has 1 rings (SSSR count). The van der Waals surface area contributed by atoms with Gasteiger partial charge in [-0.25, -0.2) is 0 Å². The van der Waals surface area contributed by atoms with E-state index in [9.17, 15) is 4.57 Å². The van der Waals surface area contributed by atoms with E-state index in [0.717, 1.165) is 5.56 Å². The number of hydrogen-bond donors (Lipinski definition) is 2. The molecule has 64 valence electrons. The third-order valence-corrected chi connectivity index (χ3v) is 2.44. The second kappa shape index (κ2) is 3.23. The molecule has 1 aromatic rings. The molecule has 3 nitrogen and oxygen atoms in total. The first-order chi connectivity index (χ1) is 5.54. The Bertz CT molecular complexity index is 323. The Kier molecular flexibility index (Phi) is 2.48. The minimum Gasteiger partial charge on any atom is -0.321 e. The number of rotatable bonds is 2. The Labute approximate surface area is 70.5 Å². The standard InChI is InChI=1S/C8H9O3P/c1-2-7-3-5-8(6-4-7)12(9,10)11/h2-6H,1H2,(H2,9,10,11). The molecule has 0 aliphatic rings. The average Bonchev–Trinajstić information content (AvgIpc) is 2.03. The molecule has 0 aromatic heterocycles. The molecule has 2 N–H and O–H groups in total. The molecule has 0 saturated carbocycles. The molecule has 0 unspecified atom stereocenters. The van der Waals surface area contributed by atoms with Crippen LogP contribution in [-0.4, -0.2) is 9.79 Å². The summed E-state index contributed by atoms with van der Waals surface area (Å²) in [7, 11) is -4.08. The Morgan fingerprint density at radius 3 is 2.08 bits per heavy atom. The topological polar surface area (TPSA) is 57.5 Å². The fraction of sp³-hybridized carbons (Fsp3) is 0. The predicted octanol–water partition coefficient (Wildman–Crippen LogP) is 1.13. The Balaban J connectivity index is 3.08. The molecule has 0 aliphatic carbocycles. The highest BCUT2D eigenvalue weighted by Gasteiger charge is 2.15. The second-order valence-electron chi connectivity index (χ2n) is 2.34. The van der Waals surface area contributed by atoms with Gasteiger partial charge < -0.3 is 9.79 Å². The first kappa shape index (κ1) is 9.20. The predicted molar refractivity (Wildman–Crippen MR) is 48.2 cm³/mol. The fourth-order valence-electron chi connectivity index (χ4n) is 0.805. The zero-order valence-corrected chi connectivity index (χ0v) is 7.24. The third-order valence-electron chi connectivity index (χ3n) is 1.47. The highest BCUT2D eigenvalue weighted by molar-refractivity contribution is 7.60. The minimum atomic E-state index is -4.08. The van der Waals surface area contributed by atoms with E-state index in [1.165, 1.54) is 12.1 Å². The lowest BCUT2D eigenvalue weighted by Crippen LogP contribution is -2.02. The molecular weight excluding hydrogens is 175 g/mol. The van der Waals surface area contributed by atoms with Crippen molar-refractivity contribution >= 4 is 19.0 Å². The molecule has 1 aromatic carbocycles. The quantitative estimate of drug-likeness (QED) is 0.677. The van der Waals surface area contributed by atoms with Crippen LogP contribution in [0.4, 0.5) is 0 Å². The van der Waals surface area contributed by atoms with Crippen molar-refractivity contribution in [3.8, 4) is 0 Å². The smallest absolute Gasteiger partial charge is 0.321 e. The SMILES string of the molecule is C=Cc1ccc(P(=O)(O)O)cc1. The third kappa shape index (κ3) is 2.05. The van der Waals surface area contributed by atoms with Crippen LogP contribution in [0.2, 0.25) is 0 Å². The monoisotopic (exact) mass is 184 g/mol. The lowest BCUT2D eigenvalue weighted by molar-refractivity contribution is 0.387. The molecule has 0 heterocycles. The summed E-state index contributed by atoms with van der Waals surface area (Å²) in [4.78, 5) is 17.5. The van der Waals surface area contributed by atoms with Crippen molar-refractivity contribution < 1.29 is 14.4 Å². The number of benzene rings is 1. The molecule has 0 amide bonds. The van der Waals surface area contributed by atoms with Crippen molar-refractivity contribution in [2.24, 2.45) is 0 Å². The highest BCUT2D eigenvalue weighted by Crippen LogP contribution is 2.32. The van der Waals surface area contributed by atoms with Crippen LogP contribution in [-0.2, 0) is 4.57 Å². The van der Waals surface area contributed by atoms with Gasteiger partial charge in [-0.2, -0.15) is 0 Å². The summed E-state index contributed by atoms with van der Waals surface area (Å²) < 4.78 is 10.7. The molecule has 0 spiro atoms. The van der Waals surface area contributed by atoms with Gasteiger partial charge in [0.1, 0.15) is 0 Å². The van der Waals surface area contributed by atoms with Gasteiger partial charge >= 0.3 is 7.60 Å². The molecule has 4 heteroatoms. The molecule has 0 radical (unpaired) electrons. The maximum atomic E-state index is 10.7. The van der Waals surface area contributed by atoms with Crippen LogP contribution in [0.3, 0.4) is 0 Å². The van der Waals surface area contributed by atoms with E-state index in [1.807, 2.05) is 0 Å². The van der Waals surface area contributed by atoms with E-state index < -0.39 is 7.60 Å². The lowest BCUT2D eigenvalue weighted by atomic mass is 10.2. The van der Waals surface area contributed by atoms with Crippen molar-refractivity contribution in [1.29, 1.82) is 0 Å². The van der Waals surface area contributed by atoms with E-state index in [0.29, 0.717) is 0 Å². The maximum absolute atomic E-state index is 10.7. The molecule has 0 aliphatic heterocycles. The van der Waals surface area contributed by atoms with Crippen LogP contribution in [0, 0.1) is 0 Å². The van der Waals surface area contributed by atoms with E-state index in [1.54, 1.807) is 18.2 Å². The summed E-state index contributed by atoms with van der Waals surface area (Å²) in [5.74, 6) is 0. The maximum Gasteiger partial charge on any atom is 0.356 e. The normalized spacial score (nSPS) is 11.2. The van der Waals surface area contributed by atoms with Gasteiger partial charge in [0, 0.05) is 0 Å². The largest absolute Gasteiger partial charge is 0.356 e. The van der Waals surface area contributed by atoms with E-state index in [2.05, 4.69) is 6.58 Å².